The van der Waals surface area contributed by atoms with E-state index in [9.17, 15) is 0 Å². The minimum atomic E-state index is 0. The van der Waals surface area contributed by atoms with E-state index < -0.39 is 0 Å². The van der Waals surface area contributed by atoms with Crippen molar-refractivity contribution in [3.8, 4) is 11.5 Å². The summed E-state index contributed by atoms with van der Waals surface area (Å²) in [4.78, 5) is 1.20. The molecule has 3 nitrogen and oxygen atoms in total. The quantitative estimate of drug-likeness (QED) is 0.493. The van der Waals surface area contributed by atoms with Crippen LogP contribution in [0.25, 0.3) is 0 Å². The van der Waals surface area contributed by atoms with Gasteiger partial charge in [-0.2, -0.15) is 0 Å². The second-order valence-corrected chi connectivity index (χ2v) is 7.20. The Morgan fingerprint density at radius 1 is 0.889 bits per heavy atom. The van der Waals surface area contributed by atoms with Gasteiger partial charge >= 0.3 is 0 Å². The predicted octanol–water partition coefficient (Wildman–Crippen LogP) is 5.75. The molecule has 0 fully saturated rings. The van der Waals surface area contributed by atoms with Crippen LogP contribution in [0, 0.1) is 6.92 Å². The highest BCUT2D eigenvalue weighted by molar-refractivity contribution is 7.09. The molecule has 0 aliphatic carbocycles. The van der Waals surface area contributed by atoms with Crippen molar-refractivity contribution in [3.05, 3.63) is 81.5 Å². The third-order valence-electron chi connectivity index (χ3n) is 4.04. The molecule has 0 spiro atoms. The Bertz CT molecular complexity index is 804. The van der Waals surface area contributed by atoms with E-state index in [2.05, 4.69) is 60.1 Å². The molecule has 0 unspecified atom stereocenters. The van der Waals surface area contributed by atoms with Crippen LogP contribution in [0.4, 0.5) is 0 Å². The lowest BCUT2D eigenvalue weighted by Crippen LogP contribution is -2.12. The van der Waals surface area contributed by atoms with Crippen molar-refractivity contribution in [2.45, 2.75) is 33.5 Å². The minimum absolute atomic E-state index is 0. The SMILES string of the molecule is CCOc1cc(CNCc2ccc(C)cc2)ccc1OCc1cccs1.Cl. The van der Waals surface area contributed by atoms with Crippen LogP contribution in [0.15, 0.2) is 60.0 Å². The van der Waals surface area contributed by atoms with Crippen molar-refractivity contribution < 1.29 is 9.47 Å². The lowest BCUT2D eigenvalue weighted by atomic mass is 10.1. The van der Waals surface area contributed by atoms with Crippen molar-refractivity contribution in [3.63, 3.8) is 0 Å². The third kappa shape index (κ3) is 6.58. The molecule has 0 aliphatic rings. The Hall–Kier alpha value is -2.01. The van der Waals surface area contributed by atoms with Gasteiger partial charge in [-0.15, -0.1) is 23.7 Å². The topological polar surface area (TPSA) is 30.5 Å². The number of hydrogen-bond acceptors (Lipinski definition) is 4. The van der Waals surface area contributed by atoms with Crippen LogP contribution in [0.3, 0.4) is 0 Å². The van der Waals surface area contributed by atoms with Crippen LogP contribution in [0.1, 0.15) is 28.5 Å². The van der Waals surface area contributed by atoms with Crippen molar-refractivity contribution in [2.24, 2.45) is 0 Å². The Kier molecular flexibility index (Phi) is 8.65. The number of ether oxygens (including phenoxy) is 2. The summed E-state index contributed by atoms with van der Waals surface area (Å²) in [6, 6.07) is 18.9. The molecule has 5 heteroatoms. The maximum atomic E-state index is 5.94. The first-order chi connectivity index (χ1) is 12.7. The fourth-order valence-corrected chi connectivity index (χ4v) is 3.27. The van der Waals surface area contributed by atoms with Gasteiger partial charge in [0.15, 0.2) is 11.5 Å². The van der Waals surface area contributed by atoms with Crippen molar-refractivity contribution in [1.82, 2.24) is 5.32 Å². The van der Waals surface area contributed by atoms with Crippen LogP contribution in [0.2, 0.25) is 0 Å². The molecule has 0 radical (unpaired) electrons. The number of halogens is 1. The summed E-state index contributed by atoms with van der Waals surface area (Å²) < 4.78 is 11.7. The van der Waals surface area contributed by atoms with Crippen LogP contribution in [0.5, 0.6) is 11.5 Å². The highest BCUT2D eigenvalue weighted by atomic mass is 35.5. The van der Waals surface area contributed by atoms with Gasteiger partial charge in [0, 0.05) is 18.0 Å². The monoisotopic (exact) mass is 403 g/mol. The molecule has 0 atom stereocenters. The van der Waals surface area contributed by atoms with Gasteiger partial charge in [0.25, 0.3) is 0 Å². The second-order valence-electron chi connectivity index (χ2n) is 6.17. The Balaban J connectivity index is 0.00000261. The number of rotatable bonds is 9. The van der Waals surface area contributed by atoms with Crippen LogP contribution in [-0.2, 0) is 19.7 Å². The zero-order valence-corrected chi connectivity index (χ0v) is 17.4. The number of hydrogen-bond donors (Lipinski definition) is 1. The molecule has 2 aromatic carbocycles. The maximum absolute atomic E-state index is 5.94. The molecule has 3 rings (SSSR count). The summed E-state index contributed by atoms with van der Waals surface area (Å²) in [6.07, 6.45) is 0. The Morgan fingerprint density at radius 3 is 2.33 bits per heavy atom. The van der Waals surface area contributed by atoms with E-state index in [1.165, 1.54) is 21.6 Å². The van der Waals surface area contributed by atoms with Gasteiger partial charge in [0.05, 0.1) is 6.61 Å². The predicted molar refractivity (Wildman–Crippen MR) is 115 cm³/mol. The molecule has 0 saturated heterocycles. The van der Waals surface area contributed by atoms with Gasteiger partial charge in [-0.05, 0) is 48.6 Å². The lowest BCUT2D eigenvalue weighted by Gasteiger charge is -2.13. The smallest absolute Gasteiger partial charge is 0.161 e. The molecule has 144 valence electrons. The fourth-order valence-electron chi connectivity index (χ4n) is 2.65. The van der Waals surface area contributed by atoms with Gasteiger partial charge in [-0.1, -0.05) is 42.0 Å². The van der Waals surface area contributed by atoms with Gasteiger partial charge in [-0.25, -0.2) is 0 Å². The van der Waals surface area contributed by atoms with E-state index in [0.29, 0.717) is 13.2 Å². The molecule has 1 N–H and O–H groups in total. The molecule has 0 amide bonds. The average Bonchev–Trinajstić information content (AvgIpc) is 3.16. The molecule has 1 heterocycles. The number of nitrogens with one attached hydrogen (secondary N) is 1. The summed E-state index contributed by atoms with van der Waals surface area (Å²) in [5, 5.41) is 5.55. The molecular formula is C22H26ClNO2S. The summed E-state index contributed by atoms with van der Waals surface area (Å²) >= 11 is 1.70. The normalized spacial score (nSPS) is 10.3. The number of benzene rings is 2. The molecular weight excluding hydrogens is 378 g/mol. The Labute approximate surface area is 171 Å². The molecule has 0 bridgehead atoms. The first-order valence-electron chi connectivity index (χ1n) is 8.92. The van der Waals surface area contributed by atoms with Crippen LogP contribution < -0.4 is 14.8 Å². The first-order valence-corrected chi connectivity index (χ1v) is 9.79. The van der Waals surface area contributed by atoms with Crippen molar-refractivity contribution in [2.75, 3.05) is 6.61 Å². The first kappa shape index (κ1) is 21.3. The lowest BCUT2D eigenvalue weighted by molar-refractivity contribution is 0.271. The average molecular weight is 404 g/mol. The van der Waals surface area contributed by atoms with Crippen LogP contribution >= 0.6 is 23.7 Å². The molecule has 1 aromatic heterocycles. The van der Waals surface area contributed by atoms with Crippen molar-refractivity contribution in [1.29, 1.82) is 0 Å². The largest absolute Gasteiger partial charge is 0.490 e. The summed E-state index contributed by atoms with van der Waals surface area (Å²) in [5.41, 5.74) is 3.76. The summed E-state index contributed by atoms with van der Waals surface area (Å²) in [7, 11) is 0. The van der Waals surface area contributed by atoms with Crippen LogP contribution in [-0.4, -0.2) is 6.61 Å². The fraction of sp³-hybridized carbons (Fsp3) is 0.273. The zero-order chi connectivity index (χ0) is 18.2. The van der Waals surface area contributed by atoms with Gasteiger partial charge in [-0.3, -0.25) is 0 Å². The van der Waals surface area contributed by atoms with Crippen molar-refractivity contribution >= 4 is 23.7 Å². The maximum Gasteiger partial charge on any atom is 0.161 e. The zero-order valence-electron chi connectivity index (χ0n) is 15.7. The number of aryl methyl sites for hydroxylation is 1. The van der Waals surface area contributed by atoms with E-state index in [4.69, 9.17) is 9.47 Å². The minimum Gasteiger partial charge on any atom is -0.490 e. The summed E-state index contributed by atoms with van der Waals surface area (Å²) in [6.45, 7) is 6.93. The van der Waals surface area contributed by atoms with E-state index in [-0.39, 0.29) is 12.4 Å². The van der Waals surface area contributed by atoms with Gasteiger partial charge in [0.2, 0.25) is 0 Å². The molecule has 0 aliphatic heterocycles. The Morgan fingerprint density at radius 2 is 1.63 bits per heavy atom. The van der Waals surface area contributed by atoms with E-state index in [1.807, 2.05) is 19.1 Å². The summed E-state index contributed by atoms with van der Waals surface area (Å²) in [5.74, 6) is 1.60. The van der Waals surface area contributed by atoms with E-state index in [0.717, 1.165) is 24.6 Å². The standard InChI is InChI=1S/C22H25NO2S.ClH/c1-3-24-22-13-19(15-23-14-18-8-6-17(2)7-9-18)10-11-21(22)25-16-20-5-4-12-26-20;/h4-13,23H,3,14-16H2,1-2H3;1H. The highest BCUT2D eigenvalue weighted by Gasteiger charge is 2.07. The van der Waals surface area contributed by atoms with Gasteiger partial charge < -0.3 is 14.8 Å². The van der Waals surface area contributed by atoms with E-state index in [1.54, 1.807) is 11.3 Å². The van der Waals surface area contributed by atoms with E-state index >= 15 is 0 Å². The molecule has 0 saturated carbocycles. The number of thiophene rings is 1. The molecule has 3 aromatic rings. The highest BCUT2D eigenvalue weighted by Crippen LogP contribution is 2.29. The molecule has 27 heavy (non-hydrogen) atoms. The van der Waals surface area contributed by atoms with Gasteiger partial charge in [0.1, 0.15) is 6.61 Å². The second kappa shape index (κ2) is 11.0. The third-order valence-corrected chi connectivity index (χ3v) is 4.89.